The summed E-state index contributed by atoms with van der Waals surface area (Å²) in [6.07, 6.45) is 1.09. The molecule has 0 aromatic heterocycles. The molecule has 0 saturated carbocycles. The van der Waals surface area contributed by atoms with E-state index in [2.05, 4.69) is 37.8 Å². The molecule has 1 aliphatic heterocycles. The van der Waals surface area contributed by atoms with Crippen LogP contribution in [-0.2, 0) is 11.2 Å². The first kappa shape index (κ1) is 12.2. The van der Waals surface area contributed by atoms with Crippen LogP contribution in [0, 0.1) is 0 Å². The largest absolute Gasteiger partial charge is 0.399 e. The van der Waals surface area contributed by atoms with Crippen molar-refractivity contribution in [3.63, 3.8) is 0 Å². The summed E-state index contributed by atoms with van der Waals surface area (Å²) < 4.78 is 5.76. The Balaban J connectivity index is 1.94. The van der Waals surface area contributed by atoms with Crippen molar-refractivity contribution in [1.29, 1.82) is 0 Å². The standard InChI is InChI=1S/C14H22N2O/c1-14(2,3)17-9-8-16-7-6-11-10-12(15)4-5-13(11)16/h4-5,10H,6-9,15H2,1-3H3. The van der Waals surface area contributed by atoms with Crippen molar-refractivity contribution >= 4 is 11.4 Å². The molecule has 0 fully saturated rings. The Labute approximate surface area is 104 Å². The molecule has 2 rings (SSSR count). The van der Waals surface area contributed by atoms with E-state index in [0.29, 0.717) is 0 Å². The van der Waals surface area contributed by atoms with E-state index in [0.717, 1.165) is 31.8 Å². The van der Waals surface area contributed by atoms with Crippen molar-refractivity contribution in [2.24, 2.45) is 0 Å². The van der Waals surface area contributed by atoms with Gasteiger partial charge >= 0.3 is 0 Å². The molecule has 3 nitrogen and oxygen atoms in total. The van der Waals surface area contributed by atoms with Gasteiger partial charge in [0.15, 0.2) is 0 Å². The summed E-state index contributed by atoms with van der Waals surface area (Å²) in [4.78, 5) is 2.38. The molecule has 1 heterocycles. The lowest BCUT2D eigenvalue weighted by molar-refractivity contribution is 0.00148. The molecule has 0 radical (unpaired) electrons. The van der Waals surface area contributed by atoms with Gasteiger partial charge in [-0.05, 0) is 51.0 Å². The zero-order chi connectivity index (χ0) is 12.5. The van der Waals surface area contributed by atoms with Crippen LogP contribution in [-0.4, -0.2) is 25.3 Å². The zero-order valence-corrected chi connectivity index (χ0v) is 11.0. The van der Waals surface area contributed by atoms with Gasteiger partial charge in [-0.25, -0.2) is 0 Å². The normalized spacial score (nSPS) is 15.1. The third-order valence-corrected chi connectivity index (χ3v) is 2.99. The minimum Gasteiger partial charge on any atom is -0.399 e. The molecule has 0 bridgehead atoms. The number of hydrogen-bond donors (Lipinski definition) is 1. The number of ether oxygens (including phenoxy) is 1. The van der Waals surface area contributed by atoms with Crippen molar-refractivity contribution < 1.29 is 4.74 Å². The van der Waals surface area contributed by atoms with Crippen molar-refractivity contribution in [2.45, 2.75) is 32.8 Å². The van der Waals surface area contributed by atoms with Crippen molar-refractivity contribution in [1.82, 2.24) is 0 Å². The zero-order valence-electron chi connectivity index (χ0n) is 11.0. The van der Waals surface area contributed by atoms with E-state index in [4.69, 9.17) is 10.5 Å². The van der Waals surface area contributed by atoms with Gasteiger partial charge in [0.2, 0.25) is 0 Å². The Hall–Kier alpha value is -1.22. The fourth-order valence-corrected chi connectivity index (χ4v) is 2.18. The number of anilines is 2. The molecule has 0 aliphatic carbocycles. The van der Waals surface area contributed by atoms with Crippen LogP contribution in [0.4, 0.5) is 11.4 Å². The van der Waals surface area contributed by atoms with Crippen LogP contribution in [0.2, 0.25) is 0 Å². The first-order valence-corrected chi connectivity index (χ1v) is 6.23. The molecular weight excluding hydrogens is 212 g/mol. The smallest absolute Gasteiger partial charge is 0.0648 e. The highest BCUT2D eigenvalue weighted by atomic mass is 16.5. The number of nitrogen functional groups attached to an aromatic ring is 1. The van der Waals surface area contributed by atoms with Crippen LogP contribution in [0.15, 0.2) is 18.2 Å². The second kappa shape index (κ2) is 4.57. The van der Waals surface area contributed by atoms with Gasteiger partial charge in [0, 0.05) is 24.5 Å². The summed E-state index contributed by atoms with van der Waals surface area (Å²) in [5, 5.41) is 0. The highest BCUT2D eigenvalue weighted by Crippen LogP contribution is 2.29. The molecule has 1 aromatic carbocycles. The van der Waals surface area contributed by atoms with Gasteiger partial charge < -0.3 is 15.4 Å². The molecule has 0 unspecified atom stereocenters. The Morgan fingerprint density at radius 1 is 1.35 bits per heavy atom. The lowest BCUT2D eigenvalue weighted by Crippen LogP contribution is -2.29. The average Bonchev–Trinajstić information content (AvgIpc) is 2.59. The van der Waals surface area contributed by atoms with E-state index in [9.17, 15) is 0 Å². The summed E-state index contributed by atoms with van der Waals surface area (Å²) >= 11 is 0. The summed E-state index contributed by atoms with van der Waals surface area (Å²) in [7, 11) is 0. The van der Waals surface area contributed by atoms with Gasteiger partial charge in [0.1, 0.15) is 0 Å². The highest BCUT2D eigenvalue weighted by Gasteiger charge is 2.19. The van der Waals surface area contributed by atoms with Gasteiger partial charge in [-0.1, -0.05) is 0 Å². The topological polar surface area (TPSA) is 38.5 Å². The van der Waals surface area contributed by atoms with Crippen molar-refractivity contribution in [3.8, 4) is 0 Å². The van der Waals surface area contributed by atoms with Crippen LogP contribution in [0.25, 0.3) is 0 Å². The molecule has 3 heteroatoms. The maximum Gasteiger partial charge on any atom is 0.0648 e. The predicted molar refractivity (Wildman–Crippen MR) is 72.5 cm³/mol. The second-order valence-corrected chi connectivity index (χ2v) is 5.59. The molecule has 0 saturated heterocycles. The minimum absolute atomic E-state index is 0.0519. The van der Waals surface area contributed by atoms with Gasteiger partial charge in [0.25, 0.3) is 0 Å². The van der Waals surface area contributed by atoms with Crippen LogP contribution < -0.4 is 10.6 Å². The summed E-state index contributed by atoms with van der Waals surface area (Å²) in [5.41, 5.74) is 9.27. The van der Waals surface area contributed by atoms with Crippen LogP contribution in [0.3, 0.4) is 0 Å². The Morgan fingerprint density at radius 3 is 2.82 bits per heavy atom. The fourth-order valence-electron chi connectivity index (χ4n) is 2.18. The highest BCUT2D eigenvalue weighted by molar-refractivity contribution is 5.62. The monoisotopic (exact) mass is 234 g/mol. The van der Waals surface area contributed by atoms with E-state index in [1.54, 1.807) is 0 Å². The molecule has 17 heavy (non-hydrogen) atoms. The molecule has 0 amide bonds. The number of hydrogen-bond acceptors (Lipinski definition) is 3. The Bertz CT molecular complexity index is 396. The summed E-state index contributed by atoms with van der Waals surface area (Å²) in [5.74, 6) is 0. The van der Waals surface area contributed by atoms with Crippen LogP contribution in [0.5, 0.6) is 0 Å². The van der Waals surface area contributed by atoms with Gasteiger partial charge in [-0.2, -0.15) is 0 Å². The van der Waals surface area contributed by atoms with Crippen LogP contribution >= 0.6 is 0 Å². The van der Waals surface area contributed by atoms with E-state index >= 15 is 0 Å². The van der Waals surface area contributed by atoms with Gasteiger partial charge in [-0.15, -0.1) is 0 Å². The van der Waals surface area contributed by atoms with Gasteiger partial charge in [0.05, 0.1) is 12.2 Å². The average molecular weight is 234 g/mol. The molecule has 0 atom stereocenters. The molecule has 2 N–H and O–H groups in total. The van der Waals surface area contributed by atoms with Crippen molar-refractivity contribution in [3.05, 3.63) is 23.8 Å². The molecular formula is C14H22N2O. The molecule has 1 aromatic rings. The summed E-state index contributed by atoms with van der Waals surface area (Å²) in [6.45, 7) is 9.07. The van der Waals surface area contributed by atoms with Crippen molar-refractivity contribution in [2.75, 3.05) is 30.3 Å². The SMILES string of the molecule is CC(C)(C)OCCN1CCc2cc(N)ccc21. The first-order valence-electron chi connectivity index (χ1n) is 6.23. The van der Waals surface area contributed by atoms with E-state index in [-0.39, 0.29) is 5.60 Å². The maximum absolute atomic E-state index is 5.79. The Morgan fingerprint density at radius 2 is 2.12 bits per heavy atom. The van der Waals surface area contributed by atoms with E-state index in [1.807, 2.05) is 6.07 Å². The van der Waals surface area contributed by atoms with E-state index in [1.165, 1.54) is 11.3 Å². The summed E-state index contributed by atoms with van der Waals surface area (Å²) in [6, 6.07) is 6.18. The quantitative estimate of drug-likeness (QED) is 0.816. The third-order valence-electron chi connectivity index (χ3n) is 2.99. The minimum atomic E-state index is -0.0519. The lowest BCUT2D eigenvalue weighted by Gasteiger charge is -2.24. The number of rotatable bonds is 3. The maximum atomic E-state index is 5.79. The Kier molecular flexibility index (Phi) is 3.29. The lowest BCUT2D eigenvalue weighted by atomic mass is 10.1. The number of nitrogens with two attached hydrogens (primary N) is 1. The number of fused-ring (bicyclic) bond motifs is 1. The molecule has 1 aliphatic rings. The fraction of sp³-hybridized carbons (Fsp3) is 0.571. The predicted octanol–water partition coefficient (Wildman–Crippen LogP) is 2.45. The van der Waals surface area contributed by atoms with Gasteiger partial charge in [-0.3, -0.25) is 0 Å². The molecule has 94 valence electrons. The molecule has 0 spiro atoms. The number of benzene rings is 1. The third kappa shape index (κ3) is 3.13. The van der Waals surface area contributed by atoms with E-state index < -0.39 is 0 Å². The second-order valence-electron chi connectivity index (χ2n) is 5.59. The number of nitrogens with zero attached hydrogens (tertiary/aromatic N) is 1. The van der Waals surface area contributed by atoms with Crippen LogP contribution in [0.1, 0.15) is 26.3 Å². The first-order chi connectivity index (χ1) is 7.96.